The molecule has 5 unspecified atom stereocenters. The lowest BCUT2D eigenvalue weighted by atomic mass is 9.89. The molecule has 2 aromatic rings. The van der Waals surface area contributed by atoms with E-state index in [9.17, 15) is 69.9 Å². The van der Waals surface area contributed by atoms with Gasteiger partial charge in [0.15, 0.2) is 0 Å². The van der Waals surface area contributed by atoms with E-state index in [1.165, 1.54) is 39.5 Å². The summed E-state index contributed by atoms with van der Waals surface area (Å²) in [6.45, 7) is 7.67. The first kappa shape index (κ1) is 52.5. The fourth-order valence-corrected chi connectivity index (χ4v) is 7.31. The van der Waals surface area contributed by atoms with Crippen LogP contribution in [0.3, 0.4) is 0 Å². The number of nitrogens with zero attached hydrogens (tertiary/aromatic N) is 2. The van der Waals surface area contributed by atoms with Crippen molar-refractivity contribution >= 4 is 40.9 Å². The van der Waals surface area contributed by atoms with Crippen LogP contribution in [0.1, 0.15) is 83.9 Å². The molecule has 0 bridgehead atoms. The summed E-state index contributed by atoms with van der Waals surface area (Å²) in [5.41, 5.74) is 2.81. The predicted molar refractivity (Wildman–Crippen MR) is 224 cm³/mol. The largest absolute Gasteiger partial charge is 0.394 e. The van der Waals surface area contributed by atoms with Crippen molar-refractivity contribution in [3.8, 4) is 0 Å². The number of rotatable bonds is 23. The number of hydrogen-bond acceptors (Lipinski definition) is 15. The second-order valence-corrected chi connectivity index (χ2v) is 15.1. The summed E-state index contributed by atoms with van der Waals surface area (Å²) in [6.07, 6.45) is -6.46. The molecule has 20 nitrogen and oxygen atoms in total. The zero-order valence-electron chi connectivity index (χ0n) is 36.1. The molecular weight excluding hydrogens is 800 g/mol. The molecule has 0 aliphatic heterocycles. The lowest BCUT2D eigenvalue weighted by molar-refractivity contribution is -0.117. The number of anilines is 2. The van der Waals surface area contributed by atoms with Gasteiger partial charge in [-0.2, -0.15) is 0 Å². The predicted octanol–water partition coefficient (Wildman–Crippen LogP) is -3.00. The number of hydrogen-bond donors (Lipinski definition) is 13. The first-order valence-electron chi connectivity index (χ1n) is 19.8. The van der Waals surface area contributed by atoms with Gasteiger partial charge < -0.3 is 77.0 Å². The molecule has 0 aromatic heterocycles. The highest BCUT2D eigenvalue weighted by molar-refractivity contribution is 6.08. The van der Waals surface area contributed by atoms with E-state index in [0.717, 1.165) is 4.90 Å². The molecule has 0 saturated carbocycles. The number of amides is 5. The first-order chi connectivity index (χ1) is 28.6. The van der Waals surface area contributed by atoms with E-state index in [2.05, 4.69) is 21.3 Å². The van der Waals surface area contributed by atoms with E-state index in [0.29, 0.717) is 22.3 Å². The topological polar surface area (TPSA) is 322 Å². The van der Waals surface area contributed by atoms with E-state index in [4.69, 9.17) is 0 Å². The average Bonchev–Trinajstić information content (AvgIpc) is 3.20. The van der Waals surface area contributed by atoms with E-state index in [-0.39, 0.29) is 77.5 Å². The molecule has 0 spiro atoms. The van der Waals surface area contributed by atoms with Gasteiger partial charge in [-0.1, -0.05) is 0 Å². The fraction of sp³-hybridized carbons (Fsp3) is 0.585. The van der Waals surface area contributed by atoms with E-state index in [1.54, 1.807) is 20.8 Å². The molecule has 2 aromatic carbocycles. The van der Waals surface area contributed by atoms with Crippen LogP contribution in [0.4, 0.5) is 11.4 Å². The van der Waals surface area contributed by atoms with Crippen LogP contribution in [0, 0.1) is 41.5 Å². The Hall–Kier alpha value is -4.61. The van der Waals surface area contributed by atoms with Gasteiger partial charge in [-0.3, -0.25) is 24.0 Å². The molecule has 5 amide bonds. The van der Waals surface area contributed by atoms with E-state index in [1.807, 2.05) is 0 Å². The molecule has 0 heterocycles. The Morgan fingerprint density at radius 2 is 0.770 bits per heavy atom. The van der Waals surface area contributed by atoms with Crippen molar-refractivity contribution in [1.29, 1.82) is 0 Å². The second kappa shape index (κ2) is 24.1. The van der Waals surface area contributed by atoms with Crippen LogP contribution in [0.15, 0.2) is 0 Å². The molecule has 61 heavy (non-hydrogen) atoms. The molecule has 0 saturated heterocycles. The summed E-state index contributed by atoms with van der Waals surface area (Å²) in [6, 6.07) is 0. The third-order valence-electron chi connectivity index (χ3n) is 10.4. The first-order valence-corrected chi connectivity index (χ1v) is 19.8. The Morgan fingerprint density at radius 3 is 1.10 bits per heavy atom. The third kappa shape index (κ3) is 13.4. The summed E-state index contributed by atoms with van der Waals surface area (Å²) < 4.78 is 0. The van der Waals surface area contributed by atoms with Crippen LogP contribution in [-0.4, -0.2) is 172 Å². The lowest BCUT2D eigenvalue weighted by Crippen LogP contribution is -2.45. The minimum absolute atomic E-state index is 0.0152. The van der Waals surface area contributed by atoms with Gasteiger partial charge >= 0.3 is 0 Å². The molecule has 0 aliphatic carbocycles. The highest BCUT2D eigenvalue weighted by Crippen LogP contribution is 2.37. The van der Waals surface area contributed by atoms with Gasteiger partial charge in [-0.15, -0.1) is 0 Å². The molecule has 0 fully saturated rings. The second-order valence-electron chi connectivity index (χ2n) is 15.1. The van der Waals surface area contributed by atoms with Gasteiger partial charge in [0.05, 0.1) is 81.4 Å². The van der Waals surface area contributed by atoms with Gasteiger partial charge in [0.1, 0.15) is 0 Å². The van der Waals surface area contributed by atoms with Crippen LogP contribution < -0.4 is 31.1 Å². The van der Waals surface area contributed by atoms with Gasteiger partial charge in [-0.05, 0) is 80.5 Å². The maximum atomic E-state index is 13.7. The van der Waals surface area contributed by atoms with Crippen molar-refractivity contribution in [2.45, 2.75) is 92.5 Å². The highest BCUT2D eigenvalue weighted by atomic mass is 16.3. The summed E-state index contributed by atoms with van der Waals surface area (Å²) in [7, 11) is 0. The normalized spacial score (nSPS) is 13.8. The summed E-state index contributed by atoms with van der Waals surface area (Å²) in [4.78, 5) is 70.4. The SMILES string of the molecule is CC(=O)N(CC(O)CN(C(C)=O)c1c(C)c(C(=O)NCC(O)CO)c(C)c(C(=O)NCC(O)CO)c1C)c1c(C)c(CNCC(O)CO)c(C)c(C(=O)NCC(O)CO)c1C. The molecule has 2 rings (SSSR count). The summed E-state index contributed by atoms with van der Waals surface area (Å²) >= 11 is 0. The van der Waals surface area contributed by atoms with Crippen molar-refractivity contribution < 1.29 is 69.9 Å². The third-order valence-corrected chi connectivity index (χ3v) is 10.4. The highest BCUT2D eigenvalue weighted by Gasteiger charge is 2.32. The van der Waals surface area contributed by atoms with Crippen LogP contribution in [0.5, 0.6) is 0 Å². The summed E-state index contributed by atoms with van der Waals surface area (Å²) in [5.74, 6) is -3.33. The quantitative estimate of drug-likeness (QED) is 0.0530. The van der Waals surface area contributed by atoms with E-state index >= 15 is 0 Å². The molecule has 0 aliphatic rings. The Kier molecular flexibility index (Phi) is 20.8. The van der Waals surface area contributed by atoms with Crippen LogP contribution >= 0.6 is 0 Å². The number of aliphatic hydroxyl groups excluding tert-OH is 9. The standard InChI is InChI=1S/C41H64N6O14/c1-20-33(13-42-9-28(54)16-48)21(2)37(23(4)34(20)39(59)43-10-29(55)17-49)46(26(7)52)14-32(58)15-47(27(8)53)38-24(5)35(40(60)44-11-30(56)18-50)22(3)36(25(38)6)41(61)45-12-31(57)19-51/h28-32,42,48-51,54-58H,9-19H2,1-8H3,(H,43,59)(H,44,60)(H,45,61). The van der Waals surface area contributed by atoms with Crippen LogP contribution in [0.2, 0.25) is 0 Å². The van der Waals surface area contributed by atoms with E-state index < -0.39 is 99.6 Å². The van der Waals surface area contributed by atoms with Gasteiger partial charge in [-0.25, -0.2) is 0 Å². The molecular formula is C41H64N6O14. The Balaban J connectivity index is 2.80. The lowest BCUT2D eigenvalue weighted by Gasteiger charge is -2.34. The minimum atomic E-state index is -1.51. The molecule has 0 radical (unpaired) electrons. The number of aliphatic hydroxyl groups is 9. The van der Waals surface area contributed by atoms with Gasteiger partial charge in [0, 0.05) is 63.3 Å². The zero-order chi connectivity index (χ0) is 46.5. The average molecular weight is 865 g/mol. The minimum Gasteiger partial charge on any atom is -0.394 e. The van der Waals surface area contributed by atoms with Gasteiger partial charge in [0.2, 0.25) is 11.8 Å². The number of nitrogens with one attached hydrogen (secondary N) is 4. The number of carbonyl (C=O) groups is 5. The maximum absolute atomic E-state index is 13.7. The van der Waals surface area contributed by atoms with Crippen LogP contribution in [-0.2, 0) is 16.1 Å². The summed E-state index contributed by atoms with van der Waals surface area (Å²) in [5, 5.41) is 99.4. The van der Waals surface area contributed by atoms with Crippen molar-refractivity contribution in [1.82, 2.24) is 21.3 Å². The Labute approximate surface area is 355 Å². The Bertz CT molecular complexity index is 1840. The zero-order valence-corrected chi connectivity index (χ0v) is 36.1. The van der Waals surface area contributed by atoms with Crippen molar-refractivity contribution in [3.05, 3.63) is 55.6 Å². The number of carbonyl (C=O) groups excluding carboxylic acids is 5. The van der Waals surface area contributed by atoms with Crippen LogP contribution in [0.25, 0.3) is 0 Å². The maximum Gasteiger partial charge on any atom is 0.252 e. The van der Waals surface area contributed by atoms with Gasteiger partial charge in [0.25, 0.3) is 17.7 Å². The Morgan fingerprint density at radius 1 is 0.459 bits per heavy atom. The smallest absolute Gasteiger partial charge is 0.252 e. The van der Waals surface area contributed by atoms with Crippen molar-refractivity contribution in [2.75, 3.05) is 75.5 Å². The van der Waals surface area contributed by atoms with Crippen molar-refractivity contribution in [3.63, 3.8) is 0 Å². The van der Waals surface area contributed by atoms with Crippen molar-refractivity contribution in [2.24, 2.45) is 0 Å². The fourth-order valence-electron chi connectivity index (χ4n) is 7.31. The molecule has 20 heteroatoms. The molecule has 342 valence electrons. The monoisotopic (exact) mass is 864 g/mol. The number of benzene rings is 2. The molecule has 13 N–H and O–H groups in total. The molecule has 5 atom stereocenters.